The van der Waals surface area contributed by atoms with Crippen molar-refractivity contribution in [2.45, 2.75) is 25.2 Å². The van der Waals surface area contributed by atoms with Gasteiger partial charge in [0.25, 0.3) is 0 Å². The lowest BCUT2D eigenvalue weighted by atomic mass is 9.86. The third kappa shape index (κ3) is 3.37. The van der Waals surface area contributed by atoms with Crippen LogP contribution in [0.5, 0.6) is 11.5 Å². The standard InChI is InChI=1S/C18H15ClO4/c19-12-5-7-17-14(10-12)13(15(20)6-8-18(21)22)9-11-3-1-2-4-16(11)23-17/h1-5,7,10,13H,6,8-9H2,(H,21,22). The smallest absolute Gasteiger partial charge is 0.303 e. The molecule has 0 radical (unpaired) electrons. The van der Waals surface area contributed by atoms with Gasteiger partial charge in [-0.1, -0.05) is 29.8 Å². The van der Waals surface area contributed by atoms with Crippen LogP contribution in [0.1, 0.15) is 29.9 Å². The van der Waals surface area contributed by atoms with Crippen LogP contribution in [0.3, 0.4) is 0 Å². The van der Waals surface area contributed by atoms with Crippen LogP contribution >= 0.6 is 11.6 Å². The average molecular weight is 331 g/mol. The zero-order valence-corrected chi connectivity index (χ0v) is 13.0. The van der Waals surface area contributed by atoms with E-state index in [4.69, 9.17) is 21.4 Å². The maximum atomic E-state index is 12.6. The molecule has 23 heavy (non-hydrogen) atoms. The van der Waals surface area contributed by atoms with E-state index < -0.39 is 11.9 Å². The van der Waals surface area contributed by atoms with E-state index in [9.17, 15) is 9.59 Å². The van der Waals surface area contributed by atoms with Gasteiger partial charge in [-0.3, -0.25) is 9.59 Å². The number of para-hydroxylation sites is 1. The number of hydrogen-bond acceptors (Lipinski definition) is 3. The Kier molecular flexibility index (Phi) is 4.35. The predicted octanol–water partition coefficient (Wildman–Crippen LogP) is 4.21. The van der Waals surface area contributed by atoms with Crippen molar-refractivity contribution >= 4 is 23.4 Å². The molecule has 118 valence electrons. The van der Waals surface area contributed by atoms with Crippen LogP contribution in [0.4, 0.5) is 0 Å². The van der Waals surface area contributed by atoms with Crippen molar-refractivity contribution in [3.63, 3.8) is 0 Å². The Bertz CT molecular complexity index is 769. The van der Waals surface area contributed by atoms with Gasteiger partial charge < -0.3 is 9.84 Å². The van der Waals surface area contributed by atoms with Crippen LogP contribution in [0, 0.1) is 0 Å². The molecule has 1 N–H and O–H groups in total. The first kappa shape index (κ1) is 15.6. The second-order valence-electron chi connectivity index (χ2n) is 5.51. The van der Waals surface area contributed by atoms with E-state index >= 15 is 0 Å². The number of carboxylic acids is 1. The first-order valence-electron chi connectivity index (χ1n) is 7.34. The first-order chi connectivity index (χ1) is 11.0. The average Bonchev–Trinajstić information content (AvgIpc) is 2.69. The van der Waals surface area contributed by atoms with Crippen LogP contribution in [0.25, 0.3) is 0 Å². The highest BCUT2D eigenvalue weighted by Gasteiger charge is 2.29. The summed E-state index contributed by atoms with van der Waals surface area (Å²) in [6, 6.07) is 12.7. The van der Waals surface area contributed by atoms with Crippen molar-refractivity contribution in [3.05, 3.63) is 58.6 Å². The van der Waals surface area contributed by atoms with Crippen LogP contribution in [0.2, 0.25) is 5.02 Å². The summed E-state index contributed by atoms with van der Waals surface area (Å²) >= 11 is 6.08. The number of benzene rings is 2. The van der Waals surface area contributed by atoms with Gasteiger partial charge in [-0.25, -0.2) is 0 Å². The molecule has 5 heteroatoms. The van der Waals surface area contributed by atoms with Gasteiger partial charge in [0.15, 0.2) is 0 Å². The molecule has 1 unspecified atom stereocenters. The van der Waals surface area contributed by atoms with Crippen molar-refractivity contribution in [3.8, 4) is 11.5 Å². The monoisotopic (exact) mass is 330 g/mol. The Hall–Kier alpha value is -2.33. The van der Waals surface area contributed by atoms with Crippen molar-refractivity contribution in [2.75, 3.05) is 0 Å². The van der Waals surface area contributed by atoms with Crippen molar-refractivity contribution < 1.29 is 19.4 Å². The number of carboxylic acid groups (broad SMARTS) is 1. The highest BCUT2D eigenvalue weighted by molar-refractivity contribution is 6.30. The molecule has 2 aromatic rings. The lowest BCUT2D eigenvalue weighted by Crippen LogP contribution is -2.16. The van der Waals surface area contributed by atoms with Gasteiger partial charge in [0.1, 0.15) is 17.3 Å². The molecule has 0 aromatic heterocycles. The van der Waals surface area contributed by atoms with Crippen LogP contribution in [0.15, 0.2) is 42.5 Å². The molecule has 3 rings (SSSR count). The lowest BCUT2D eigenvalue weighted by molar-refractivity contribution is -0.138. The minimum Gasteiger partial charge on any atom is -0.481 e. The number of fused-ring (bicyclic) bond motifs is 2. The number of carbonyl (C=O) groups excluding carboxylic acids is 1. The molecule has 0 saturated carbocycles. The van der Waals surface area contributed by atoms with E-state index in [0.717, 1.165) is 5.56 Å². The Morgan fingerprint density at radius 2 is 1.91 bits per heavy atom. The fraction of sp³-hybridized carbons (Fsp3) is 0.222. The van der Waals surface area contributed by atoms with Crippen molar-refractivity contribution in [1.82, 2.24) is 0 Å². The second kappa shape index (κ2) is 6.42. The SMILES string of the molecule is O=C(O)CCC(=O)C1Cc2ccccc2Oc2ccc(Cl)cc21. The highest BCUT2D eigenvalue weighted by Crippen LogP contribution is 2.41. The molecule has 0 fully saturated rings. The molecule has 1 aliphatic heterocycles. The third-order valence-corrected chi connectivity index (χ3v) is 4.17. The Morgan fingerprint density at radius 3 is 2.70 bits per heavy atom. The van der Waals surface area contributed by atoms with Gasteiger partial charge in [0.05, 0.1) is 12.3 Å². The summed E-state index contributed by atoms with van der Waals surface area (Å²) in [5.41, 5.74) is 1.64. The van der Waals surface area contributed by atoms with E-state index in [1.807, 2.05) is 24.3 Å². The lowest BCUT2D eigenvalue weighted by Gasteiger charge is -2.15. The Labute approximate surface area is 138 Å². The maximum Gasteiger partial charge on any atom is 0.303 e. The van der Waals surface area contributed by atoms with Crippen molar-refractivity contribution in [2.24, 2.45) is 0 Å². The first-order valence-corrected chi connectivity index (χ1v) is 7.72. The van der Waals surface area contributed by atoms with Gasteiger partial charge >= 0.3 is 5.97 Å². The summed E-state index contributed by atoms with van der Waals surface area (Å²) in [5.74, 6) is -0.240. The molecule has 1 heterocycles. The topological polar surface area (TPSA) is 63.6 Å². The van der Waals surface area contributed by atoms with E-state index in [0.29, 0.717) is 28.5 Å². The number of ether oxygens (including phenoxy) is 1. The highest BCUT2D eigenvalue weighted by atomic mass is 35.5. The zero-order valence-electron chi connectivity index (χ0n) is 12.3. The summed E-state index contributed by atoms with van der Waals surface area (Å²) in [7, 11) is 0. The van der Waals surface area contributed by atoms with Gasteiger partial charge in [0.2, 0.25) is 0 Å². The molecule has 0 saturated heterocycles. The molecule has 2 aromatic carbocycles. The minimum absolute atomic E-state index is 0.00583. The predicted molar refractivity (Wildman–Crippen MR) is 86.3 cm³/mol. The summed E-state index contributed by atoms with van der Waals surface area (Å²) in [4.78, 5) is 23.3. The fourth-order valence-electron chi connectivity index (χ4n) is 2.80. The van der Waals surface area contributed by atoms with Gasteiger partial charge in [-0.05, 0) is 36.2 Å². The molecule has 1 atom stereocenters. The van der Waals surface area contributed by atoms with E-state index in [1.54, 1.807) is 18.2 Å². The Balaban J connectivity index is 2.01. The number of rotatable bonds is 4. The van der Waals surface area contributed by atoms with Crippen LogP contribution in [-0.4, -0.2) is 16.9 Å². The molecular weight excluding hydrogens is 316 g/mol. The van der Waals surface area contributed by atoms with Gasteiger partial charge in [-0.2, -0.15) is 0 Å². The summed E-state index contributed by atoms with van der Waals surface area (Å²) in [6.07, 6.45) is 0.295. The molecule has 4 nitrogen and oxygen atoms in total. The molecule has 0 bridgehead atoms. The summed E-state index contributed by atoms with van der Waals surface area (Å²) in [6.45, 7) is 0. The van der Waals surface area contributed by atoms with E-state index in [1.165, 1.54) is 0 Å². The number of ketones is 1. The summed E-state index contributed by atoms with van der Waals surface area (Å²) in [5, 5.41) is 9.34. The molecule has 0 spiro atoms. The van der Waals surface area contributed by atoms with Crippen LogP contribution < -0.4 is 4.74 Å². The molecule has 0 aliphatic carbocycles. The normalized spacial score (nSPS) is 15.8. The number of halogens is 1. The summed E-state index contributed by atoms with van der Waals surface area (Å²) < 4.78 is 5.94. The zero-order chi connectivity index (χ0) is 16.4. The number of Topliss-reactive ketones (excluding diaryl/α,β-unsaturated/α-hetero) is 1. The van der Waals surface area contributed by atoms with Crippen LogP contribution in [-0.2, 0) is 16.0 Å². The van der Waals surface area contributed by atoms with Gasteiger partial charge in [-0.15, -0.1) is 0 Å². The van der Waals surface area contributed by atoms with E-state index in [2.05, 4.69) is 0 Å². The largest absolute Gasteiger partial charge is 0.481 e. The maximum absolute atomic E-state index is 12.6. The van der Waals surface area contributed by atoms with E-state index in [-0.39, 0.29) is 18.6 Å². The number of carbonyl (C=O) groups is 2. The number of aliphatic carboxylic acids is 1. The Morgan fingerprint density at radius 1 is 1.13 bits per heavy atom. The molecule has 0 amide bonds. The van der Waals surface area contributed by atoms with Gasteiger partial charge in [0, 0.05) is 17.0 Å². The number of hydrogen-bond donors (Lipinski definition) is 1. The minimum atomic E-state index is -0.977. The van der Waals surface area contributed by atoms with Crippen molar-refractivity contribution in [1.29, 1.82) is 0 Å². The third-order valence-electron chi connectivity index (χ3n) is 3.94. The molecule has 1 aliphatic rings. The molecular formula is C18H15ClO4. The fourth-order valence-corrected chi connectivity index (χ4v) is 2.98. The second-order valence-corrected chi connectivity index (χ2v) is 5.95. The quantitative estimate of drug-likeness (QED) is 0.912.